The summed E-state index contributed by atoms with van der Waals surface area (Å²) in [5, 5.41) is 3.37. The molecule has 0 heterocycles. The molecule has 2 rings (SSSR count). The Labute approximate surface area is 122 Å². The van der Waals surface area contributed by atoms with Gasteiger partial charge in [0, 0.05) is 25.3 Å². The lowest BCUT2D eigenvalue weighted by molar-refractivity contribution is 0.0758. The van der Waals surface area contributed by atoms with Crippen molar-refractivity contribution in [1.29, 1.82) is 0 Å². The molecule has 0 atom stereocenters. The molecule has 0 bridgehead atoms. The van der Waals surface area contributed by atoms with Crippen molar-refractivity contribution < 1.29 is 4.79 Å². The summed E-state index contributed by atoms with van der Waals surface area (Å²) in [6.07, 6.45) is 3.61. The standard InChI is InChI=1S/C17H26N2O/c1-4-10-18-16-9-6-13(3)11-15(16)17(20)19(5-2)12-14-7-8-14/h6,9,11,14,18H,4-5,7-8,10,12H2,1-3H3. The Morgan fingerprint density at radius 3 is 2.70 bits per heavy atom. The van der Waals surface area contributed by atoms with Gasteiger partial charge in [0.2, 0.25) is 0 Å². The maximum Gasteiger partial charge on any atom is 0.255 e. The van der Waals surface area contributed by atoms with Crippen molar-refractivity contribution in [2.45, 2.75) is 40.0 Å². The molecular weight excluding hydrogens is 248 g/mol. The molecule has 1 fully saturated rings. The van der Waals surface area contributed by atoms with Crippen molar-refractivity contribution in [2.24, 2.45) is 5.92 Å². The summed E-state index contributed by atoms with van der Waals surface area (Å²) in [5.74, 6) is 0.900. The number of benzene rings is 1. The Hall–Kier alpha value is -1.51. The second-order valence-corrected chi connectivity index (χ2v) is 5.76. The molecule has 1 aromatic carbocycles. The number of anilines is 1. The van der Waals surface area contributed by atoms with Crippen molar-refractivity contribution >= 4 is 11.6 Å². The fraction of sp³-hybridized carbons (Fsp3) is 0.588. The molecule has 1 N–H and O–H groups in total. The van der Waals surface area contributed by atoms with E-state index in [0.29, 0.717) is 0 Å². The van der Waals surface area contributed by atoms with E-state index in [9.17, 15) is 4.79 Å². The second kappa shape index (κ2) is 6.78. The topological polar surface area (TPSA) is 32.3 Å². The summed E-state index contributed by atoms with van der Waals surface area (Å²) in [5.41, 5.74) is 2.93. The first-order valence-electron chi connectivity index (χ1n) is 7.79. The van der Waals surface area contributed by atoms with Gasteiger partial charge in [0.15, 0.2) is 0 Å². The second-order valence-electron chi connectivity index (χ2n) is 5.76. The van der Waals surface area contributed by atoms with Gasteiger partial charge in [-0.05, 0) is 51.2 Å². The van der Waals surface area contributed by atoms with Crippen LogP contribution in [0, 0.1) is 12.8 Å². The van der Waals surface area contributed by atoms with Crippen LogP contribution in [0.1, 0.15) is 49.0 Å². The predicted molar refractivity (Wildman–Crippen MR) is 84.3 cm³/mol. The van der Waals surface area contributed by atoms with E-state index in [1.165, 1.54) is 12.8 Å². The lowest BCUT2D eigenvalue weighted by atomic mass is 10.1. The molecule has 0 saturated heterocycles. The van der Waals surface area contributed by atoms with Gasteiger partial charge in [0.1, 0.15) is 0 Å². The van der Waals surface area contributed by atoms with Crippen LogP contribution < -0.4 is 5.32 Å². The third-order valence-corrected chi connectivity index (χ3v) is 3.82. The Balaban J connectivity index is 2.18. The van der Waals surface area contributed by atoms with Gasteiger partial charge < -0.3 is 10.2 Å². The van der Waals surface area contributed by atoms with Crippen LogP contribution in [0.15, 0.2) is 18.2 Å². The highest BCUT2D eigenvalue weighted by Crippen LogP contribution is 2.30. The fourth-order valence-corrected chi connectivity index (χ4v) is 2.39. The molecule has 3 nitrogen and oxygen atoms in total. The van der Waals surface area contributed by atoms with E-state index in [1.807, 2.05) is 24.0 Å². The van der Waals surface area contributed by atoms with Crippen molar-refractivity contribution in [3.8, 4) is 0 Å². The highest BCUT2D eigenvalue weighted by molar-refractivity contribution is 5.99. The summed E-state index contributed by atoms with van der Waals surface area (Å²) in [6, 6.07) is 6.10. The van der Waals surface area contributed by atoms with Crippen LogP contribution in [0.3, 0.4) is 0 Å². The van der Waals surface area contributed by atoms with Crippen molar-refractivity contribution in [1.82, 2.24) is 4.90 Å². The third kappa shape index (κ3) is 3.75. The average molecular weight is 274 g/mol. The van der Waals surface area contributed by atoms with Gasteiger partial charge in [-0.2, -0.15) is 0 Å². The molecule has 0 radical (unpaired) electrons. The third-order valence-electron chi connectivity index (χ3n) is 3.82. The zero-order chi connectivity index (χ0) is 14.5. The minimum absolute atomic E-state index is 0.168. The van der Waals surface area contributed by atoms with Crippen molar-refractivity contribution in [2.75, 3.05) is 25.0 Å². The van der Waals surface area contributed by atoms with Gasteiger partial charge in [0.05, 0.1) is 5.56 Å². The van der Waals surface area contributed by atoms with E-state index in [-0.39, 0.29) is 5.91 Å². The smallest absolute Gasteiger partial charge is 0.255 e. The molecule has 110 valence electrons. The van der Waals surface area contributed by atoms with E-state index in [4.69, 9.17) is 0 Å². The van der Waals surface area contributed by atoms with Crippen LogP contribution in [0.2, 0.25) is 0 Å². The molecule has 1 aliphatic rings. The lowest BCUT2D eigenvalue weighted by Gasteiger charge is -2.23. The maximum absolute atomic E-state index is 12.8. The minimum atomic E-state index is 0.168. The van der Waals surface area contributed by atoms with E-state index < -0.39 is 0 Å². The zero-order valence-corrected chi connectivity index (χ0v) is 12.9. The van der Waals surface area contributed by atoms with Crippen LogP contribution in [-0.2, 0) is 0 Å². The van der Waals surface area contributed by atoms with Gasteiger partial charge in [-0.25, -0.2) is 0 Å². The minimum Gasteiger partial charge on any atom is -0.384 e. The Morgan fingerprint density at radius 2 is 2.10 bits per heavy atom. The highest BCUT2D eigenvalue weighted by atomic mass is 16.2. The molecule has 1 amide bonds. The first kappa shape index (κ1) is 14.9. The molecule has 0 aliphatic heterocycles. The van der Waals surface area contributed by atoms with E-state index in [1.54, 1.807) is 0 Å². The van der Waals surface area contributed by atoms with Crippen molar-refractivity contribution in [3.05, 3.63) is 29.3 Å². The fourth-order valence-electron chi connectivity index (χ4n) is 2.39. The SMILES string of the molecule is CCCNc1ccc(C)cc1C(=O)N(CC)CC1CC1. The Bertz CT molecular complexity index is 466. The van der Waals surface area contributed by atoms with E-state index in [2.05, 4.69) is 25.2 Å². The van der Waals surface area contributed by atoms with Gasteiger partial charge >= 0.3 is 0 Å². The largest absolute Gasteiger partial charge is 0.384 e. The summed E-state index contributed by atoms with van der Waals surface area (Å²) in [6.45, 7) is 8.84. The number of hydrogen-bond acceptors (Lipinski definition) is 2. The highest BCUT2D eigenvalue weighted by Gasteiger charge is 2.27. The number of carbonyl (C=O) groups is 1. The zero-order valence-electron chi connectivity index (χ0n) is 12.9. The summed E-state index contributed by atoms with van der Waals surface area (Å²) in [7, 11) is 0. The normalized spacial score (nSPS) is 14.2. The van der Waals surface area contributed by atoms with Crippen molar-refractivity contribution in [3.63, 3.8) is 0 Å². The predicted octanol–water partition coefficient (Wildman–Crippen LogP) is 3.69. The van der Waals surface area contributed by atoms with E-state index >= 15 is 0 Å². The molecule has 1 aliphatic carbocycles. The number of hydrogen-bond donors (Lipinski definition) is 1. The molecule has 3 heteroatoms. The molecule has 20 heavy (non-hydrogen) atoms. The molecular formula is C17H26N2O. The van der Waals surface area contributed by atoms with Crippen LogP contribution in [0.5, 0.6) is 0 Å². The first-order valence-corrected chi connectivity index (χ1v) is 7.79. The van der Waals surface area contributed by atoms with Gasteiger partial charge in [0.25, 0.3) is 5.91 Å². The summed E-state index contributed by atoms with van der Waals surface area (Å²) < 4.78 is 0. The first-order chi connectivity index (χ1) is 9.65. The van der Waals surface area contributed by atoms with E-state index in [0.717, 1.165) is 48.8 Å². The molecule has 0 spiro atoms. The Kier molecular flexibility index (Phi) is 5.05. The Morgan fingerprint density at radius 1 is 1.35 bits per heavy atom. The van der Waals surface area contributed by atoms with Gasteiger partial charge in [-0.1, -0.05) is 18.6 Å². The number of carbonyl (C=O) groups excluding carboxylic acids is 1. The summed E-state index contributed by atoms with van der Waals surface area (Å²) in [4.78, 5) is 14.8. The monoisotopic (exact) mass is 274 g/mol. The van der Waals surface area contributed by atoms with Gasteiger partial charge in [-0.3, -0.25) is 4.79 Å². The molecule has 1 saturated carbocycles. The molecule has 1 aromatic rings. The van der Waals surface area contributed by atoms with Crippen LogP contribution >= 0.6 is 0 Å². The summed E-state index contributed by atoms with van der Waals surface area (Å²) >= 11 is 0. The maximum atomic E-state index is 12.8. The van der Waals surface area contributed by atoms with Crippen LogP contribution in [-0.4, -0.2) is 30.4 Å². The number of aryl methyl sites for hydroxylation is 1. The van der Waals surface area contributed by atoms with Gasteiger partial charge in [-0.15, -0.1) is 0 Å². The van der Waals surface area contributed by atoms with Crippen LogP contribution in [0.4, 0.5) is 5.69 Å². The van der Waals surface area contributed by atoms with Crippen LogP contribution in [0.25, 0.3) is 0 Å². The lowest BCUT2D eigenvalue weighted by Crippen LogP contribution is -2.33. The number of amides is 1. The quantitative estimate of drug-likeness (QED) is 0.822. The number of nitrogens with one attached hydrogen (secondary N) is 1. The number of nitrogens with zero attached hydrogens (tertiary/aromatic N) is 1. The molecule has 0 aromatic heterocycles. The molecule has 0 unspecified atom stereocenters. The number of rotatable bonds is 7. The average Bonchev–Trinajstić information content (AvgIpc) is 3.26.